The average molecular weight is 300 g/mol. The molecule has 0 aliphatic heterocycles. The molecule has 1 heterocycles. The summed E-state index contributed by atoms with van der Waals surface area (Å²) in [6.45, 7) is 2.14. The maximum atomic E-state index is 10.6. The Bertz CT molecular complexity index is 441. The predicted molar refractivity (Wildman–Crippen MR) is 69.1 cm³/mol. The molecule has 0 bridgehead atoms. The van der Waals surface area contributed by atoms with E-state index in [1.54, 1.807) is 0 Å². The first-order chi connectivity index (χ1) is 8.06. The first-order valence-electron chi connectivity index (χ1n) is 5.64. The van der Waals surface area contributed by atoms with E-state index < -0.39 is 4.92 Å². The summed E-state index contributed by atoms with van der Waals surface area (Å²) in [5.74, 6) is 0.692. The topological polar surface area (TPSA) is 68.1 Å². The first-order valence-corrected chi connectivity index (χ1v) is 6.44. The van der Waals surface area contributed by atoms with Gasteiger partial charge in [0, 0.05) is 11.6 Å². The van der Waals surface area contributed by atoms with Crippen LogP contribution in [-0.4, -0.2) is 15.4 Å². The van der Waals surface area contributed by atoms with Crippen LogP contribution in [0.1, 0.15) is 32.6 Å². The third-order valence-corrected chi connectivity index (χ3v) is 4.01. The number of anilines is 1. The number of hydrogen-bond acceptors (Lipinski definition) is 4. The zero-order valence-corrected chi connectivity index (χ0v) is 11.2. The lowest BCUT2D eigenvalue weighted by Gasteiger charge is -2.42. The quantitative estimate of drug-likeness (QED) is 0.682. The van der Waals surface area contributed by atoms with E-state index in [-0.39, 0.29) is 11.2 Å². The van der Waals surface area contributed by atoms with E-state index in [0.717, 1.165) is 19.3 Å². The molecule has 1 aliphatic rings. The van der Waals surface area contributed by atoms with Gasteiger partial charge < -0.3 is 5.32 Å². The standard InChI is InChI=1S/C11H14BrN3O2/c1-2-11(4-3-5-11)14-10-9(12)6-8(7-13-10)15(16)17/h6-7H,2-5H2,1H3,(H,13,14). The van der Waals surface area contributed by atoms with Crippen molar-refractivity contribution >= 4 is 27.4 Å². The maximum absolute atomic E-state index is 10.6. The summed E-state index contributed by atoms with van der Waals surface area (Å²) in [7, 11) is 0. The molecule has 6 heteroatoms. The normalized spacial score (nSPS) is 17.3. The largest absolute Gasteiger partial charge is 0.364 e. The average Bonchev–Trinajstić information content (AvgIpc) is 2.25. The summed E-state index contributed by atoms with van der Waals surface area (Å²) < 4.78 is 0.645. The van der Waals surface area contributed by atoms with Crippen LogP contribution in [0.2, 0.25) is 0 Å². The number of aromatic nitrogens is 1. The number of nitrogens with zero attached hydrogens (tertiary/aromatic N) is 2. The van der Waals surface area contributed by atoms with Crippen LogP contribution >= 0.6 is 15.9 Å². The van der Waals surface area contributed by atoms with E-state index in [2.05, 4.69) is 33.2 Å². The molecule has 2 rings (SSSR count). The summed E-state index contributed by atoms with van der Waals surface area (Å²) >= 11 is 3.32. The van der Waals surface area contributed by atoms with Gasteiger partial charge in [0.15, 0.2) is 0 Å². The van der Waals surface area contributed by atoms with Gasteiger partial charge >= 0.3 is 0 Å². The Kier molecular flexibility index (Phi) is 3.33. The van der Waals surface area contributed by atoms with Crippen molar-refractivity contribution in [2.24, 2.45) is 0 Å². The van der Waals surface area contributed by atoms with E-state index in [4.69, 9.17) is 0 Å². The van der Waals surface area contributed by atoms with Crippen molar-refractivity contribution in [3.05, 3.63) is 26.9 Å². The Morgan fingerprint density at radius 3 is 2.76 bits per heavy atom. The SMILES string of the molecule is CCC1(Nc2ncc([N+](=O)[O-])cc2Br)CCC1. The fourth-order valence-corrected chi connectivity index (χ4v) is 2.48. The summed E-state index contributed by atoms with van der Waals surface area (Å²) in [6.07, 6.45) is 5.82. The molecule has 0 spiro atoms. The number of nitrogens with one attached hydrogen (secondary N) is 1. The third-order valence-electron chi connectivity index (χ3n) is 3.41. The van der Waals surface area contributed by atoms with Crippen LogP contribution in [0.5, 0.6) is 0 Å². The highest BCUT2D eigenvalue weighted by atomic mass is 79.9. The van der Waals surface area contributed by atoms with Crippen molar-refractivity contribution in [2.75, 3.05) is 5.32 Å². The highest BCUT2D eigenvalue weighted by molar-refractivity contribution is 9.10. The molecule has 92 valence electrons. The van der Waals surface area contributed by atoms with Gasteiger partial charge in [0.2, 0.25) is 0 Å². The van der Waals surface area contributed by atoms with Gasteiger partial charge in [-0.15, -0.1) is 0 Å². The minimum Gasteiger partial charge on any atom is -0.364 e. The van der Waals surface area contributed by atoms with Gasteiger partial charge in [0.25, 0.3) is 5.69 Å². The lowest BCUT2D eigenvalue weighted by atomic mass is 9.75. The highest BCUT2D eigenvalue weighted by Gasteiger charge is 2.35. The lowest BCUT2D eigenvalue weighted by molar-refractivity contribution is -0.385. The van der Waals surface area contributed by atoms with Crippen LogP contribution in [0, 0.1) is 10.1 Å². The molecular weight excluding hydrogens is 286 g/mol. The molecule has 1 aromatic rings. The Morgan fingerprint density at radius 2 is 2.35 bits per heavy atom. The molecule has 1 N–H and O–H groups in total. The molecular formula is C11H14BrN3O2. The molecule has 0 saturated heterocycles. The van der Waals surface area contributed by atoms with E-state index in [0.29, 0.717) is 10.3 Å². The number of pyridine rings is 1. The Balaban J connectivity index is 2.19. The fraction of sp³-hybridized carbons (Fsp3) is 0.545. The molecule has 1 saturated carbocycles. The van der Waals surface area contributed by atoms with Gasteiger partial charge in [-0.1, -0.05) is 6.92 Å². The van der Waals surface area contributed by atoms with Gasteiger partial charge in [0.1, 0.15) is 12.0 Å². The molecule has 1 aliphatic carbocycles. The summed E-state index contributed by atoms with van der Waals surface area (Å²) in [5.41, 5.74) is 0.132. The molecule has 0 aromatic carbocycles. The molecule has 1 aromatic heterocycles. The highest BCUT2D eigenvalue weighted by Crippen LogP contribution is 2.39. The van der Waals surface area contributed by atoms with Crippen molar-refractivity contribution in [1.29, 1.82) is 0 Å². The van der Waals surface area contributed by atoms with E-state index in [9.17, 15) is 10.1 Å². The van der Waals surface area contributed by atoms with Crippen LogP contribution in [0.3, 0.4) is 0 Å². The van der Waals surface area contributed by atoms with Crippen molar-refractivity contribution in [3.63, 3.8) is 0 Å². The Morgan fingerprint density at radius 1 is 1.65 bits per heavy atom. The van der Waals surface area contributed by atoms with E-state index in [1.165, 1.54) is 18.7 Å². The molecule has 0 amide bonds. The maximum Gasteiger partial charge on any atom is 0.288 e. The van der Waals surface area contributed by atoms with Crippen molar-refractivity contribution in [1.82, 2.24) is 4.98 Å². The molecule has 0 atom stereocenters. The zero-order chi connectivity index (χ0) is 12.5. The summed E-state index contributed by atoms with van der Waals surface area (Å²) in [4.78, 5) is 14.3. The number of halogens is 1. The summed E-state index contributed by atoms with van der Waals surface area (Å²) in [5, 5.41) is 14.0. The molecule has 5 nitrogen and oxygen atoms in total. The van der Waals surface area contributed by atoms with Crippen LogP contribution in [0.15, 0.2) is 16.7 Å². The third kappa shape index (κ3) is 2.41. The van der Waals surface area contributed by atoms with Crippen molar-refractivity contribution in [3.8, 4) is 0 Å². The zero-order valence-electron chi connectivity index (χ0n) is 9.57. The molecule has 1 fully saturated rings. The Labute approximate surface area is 108 Å². The van der Waals surface area contributed by atoms with Crippen LogP contribution in [0.4, 0.5) is 11.5 Å². The fourth-order valence-electron chi connectivity index (χ4n) is 2.04. The van der Waals surface area contributed by atoms with Gasteiger partial charge in [-0.25, -0.2) is 4.98 Å². The second-order valence-corrected chi connectivity index (χ2v) is 5.25. The lowest BCUT2D eigenvalue weighted by Crippen LogP contribution is -2.44. The number of nitro groups is 1. The van der Waals surface area contributed by atoms with Crippen LogP contribution in [0.25, 0.3) is 0 Å². The van der Waals surface area contributed by atoms with Gasteiger partial charge in [-0.2, -0.15) is 0 Å². The van der Waals surface area contributed by atoms with E-state index >= 15 is 0 Å². The molecule has 0 unspecified atom stereocenters. The van der Waals surface area contributed by atoms with E-state index in [1.807, 2.05) is 0 Å². The van der Waals surface area contributed by atoms with Crippen molar-refractivity contribution < 1.29 is 4.92 Å². The van der Waals surface area contributed by atoms with Gasteiger partial charge in [0.05, 0.1) is 9.40 Å². The minimum atomic E-state index is -0.444. The van der Waals surface area contributed by atoms with Crippen molar-refractivity contribution in [2.45, 2.75) is 38.1 Å². The predicted octanol–water partition coefficient (Wildman–Crippen LogP) is 3.50. The van der Waals surface area contributed by atoms with Gasteiger partial charge in [-0.3, -0.25) is 10.1 Å². The molecule has 17 heavy (non-hydrogen) atoms. The van der Waals surface area contributed by atoms with Crippen LogP contribution < -0.4 is 5.32 Å². The first kappa shape index (κ1) is 12.3. The number of rotatable bonds is 4. The minimum absolute atomic E-state index is 0.00147. The number of hydrogen-bond donors (Lipinski definition) is 1. The van der Waals surface area contributed by atoms with Crippen LogP contribution in [-0.2, 0) is 0 Å². The molecule has 0 radical (unpaired) electrons. The summed E-state index contributed by atoms with van der Waals surface area (Å²) in [6, 6.07) is 1.48. The Hall–Kier alpha value is -1.17. The smallest absolute Gasteiger partial charge is 0.288 e. The second-order valence-electron chi connectivity index (χ2n) is 4.39. The second kappa shape index (κ2) is 4.60. The van der Waals surface area contributed by atoms with Gasteiger partial charge in [-0.05, 0) is 41.6 Å². The monoisotopic (exact) mass is 299 g/mol.